The minimum atomic E-state index is -3.09. The van der Waals surface area contributed by atoms with Gasteiger partial charge >= 0.3 is 0 Å². The molecule has 0 spiro atoms. The highest BCUT2D eigenvalue weighted by molar-refractivity contribution is 7.79. The molecule has 0 N–H and O–H groups in total. The molecule has 0 radical (unpaired) electrons. The average molecular weight is 347 g/mol. The molecule has 0 fully saturated rings. The predicted molar refractivity (Wildman–Crippen MR) is 101 cm³/mol. The second kappa shape index (κ2) is 6.02. The molecule has 1 aliphatic heterocycles. The summed E-state index contributed by atoms with van der Waals surface area (Å²) >= 11 is 0. The van der Waals surface area contributed by atoms with Crippen LogP contribution in [0, 0.1) is 0 Å². The predicted octanol–water partition coefficient (Wildman–Crippen LogP) is 3.78. The van der Waals surface area contributed by atoms with Crippen LogP contribution in [0.25, 0.3) is 0 Å². The molecule has 4 rings (SSSR count). The third-order valence-electron chi connectivity index (χ3n) is 4.78. The summed E-state index contributed by atoms with van der Waals surface area (Å²) < 4.78 is 14.5. The van der Waals surface area contributed by atoms with E-state index in [4.69, 9.17) is 0 Å². The van der Waals surface area contributed by atoms with Crippen LogP contribution in [0.4, 0.5) is 0 Å². The van der Waals surface area contributed by atoms with Crippen molar-refractivity contribution in [2.45, 2.75) is 5.78 Å². The summed E-state index contributed by atoms with van der Waals surface area (Å²) in [5.41, 5.74) is 1.48. The Balaban J connectivity index is 2.01. The fourth-order valence-corrected chi connectivity index (χ4v) is 6.90. The van der Waals surface area contributed by atoms with E-state index >= 15 is 0 Å². The van der Waals surface area contributed by atoms with Gasteiger partial charge in [-0.1, -0.05) is 78.9 Å². The Morgan fingerprint density at radius 3 is 1.80 bits per heavy atom. The van der Waals surface area contributed by atoms with Crippen LogP contribution in [0.1, 0.15) is 21.7 Å². The number of amides is 1. The van der Waals surface area contributed by atoms with E-state index in [-0.39, 0.29) is 5.91 Å². The fourth-order valence-electron chi connectivity index (χ4n) is 3.60. The Labute approximate surface area is 147 Å². The summed E-state index contributed by atoms with van der Waals surface area (Å²) in [5, 5.41) is 1.53. The molecule has 3 nitrogen and oxygen atoms in total. The number of nitrogens with zero attached hydrogens (tertiary/aromatic N) is 1. The zero-order valence-electron chi connectivity index (χ0n) is 13.9. The monoisotopic (exact) mass is 347 g/mol. The van der Waals surface area contributed by atoms with Crippen molar-refractivity contribution in [3.05, 3.63) is 96.1 Å². The first-order chi connectivity index (χ1) is 12.1. The highest BCUT2D eigenvalue weighted by Crippen LogP contribution is 2.61. The molecule has 0 aromatic heterocycles. The summed E-state index contributed by atoms with van der Waals surface area (Å²) in [6, 6.07) is 26.5. The summed E-state index contributed by atoms with van der Waals surface area (Å²) in [6.45, 7) is 0. The highest BCUT2D eigenvalue weighted by Gasteiger charge is 2.47. The summed E-state index contributed by atoms with van der Waals surface area (Å²) in [6.07, 6.45) is 0. The Kier molecular flexibility index (Phi) is 3.82. The number of hydrogen-bond acceptors (Lipinski definition) is 2. The SMILES string of the molecule is CN1C(=O)c2ccccc2C1P(=O)(c1ccccc1)c1ccccc1. The van der Waals surface area contributed by atoms with Crippen LogP contribution < -0.4 is 10.6 Å². The lowest BCUT2D eigenvalue weighted by Gasteiger charge is -2.31. The molecule has 1 heterocycles. The zero-order valence-corrected chi connectivity index (χ0v) is 14.8. The molecule has 0 bridgehead atoms. The van der Waals surface area contributed by atoms with E-state index in [0.29, 0.717) is 5.56 Å². The number of benzene rings is 3. The zero-order chi connectivity index (χ0) is 17.4. The largest absolute Gasteiger partial charge is 0.327 e. The molecule has 1 unspecified atom stereocenters. The standard InChI is InChI=1S/C21H18NO2P/c1-22-20(23)18-14-8-9-15-19(18)21(22)25(24,16-10-4-2-5-11-16)17-12-6-3-7-13-17/h2-15,21H,1H3. The van der Waals surface area contributed by atoms with E-state index in [1.54, 1.807) is 11.9 Å². The third kappa shape index (κ3) is 2.35. The van der Waals surface area contributed by atoms with Crippen LogP contribution in [0.2, 0.25) is 0 Å². The first-order valence-electron chi connectivity index (χ1n) is 8.21. The first-order valence-corrected chi connectivity index (χ1v) is 9.98. The highest BCUT2D eigenvalue weighted by atomic mass is 31.2. The second-order valence-corrected chi connectivity index (χ2v) is 9.04. The molecule has 1 amide bonds. The van der Waals surface area contributed by atoms with Crippen molar-refractivity contribution in [3.63, 3.8) is 0 Å². The molecule has 1 atom stereocenters. The molecule has 3 aromatic carbocycles. The van der Waals surface area contributed by atoms with Gasteiger partial charge in [0.05, 0.1) is 0 Å². The van der Waals surface area contributed by atoms with Crippen molar-refractivity contribution in [1.29, 1.82) is 0 Å². The lowest BCUT2D eigenvalue weighted by atomic mass is 10.1. The maximum Gasteiger partial charge on any atom is 0.254 e. The Morgan fingerprint density at radius 1 is 0.760 bits per heavy atom. The number of carbonyl (C=O) groups is 1. The van der Waals surface area contributed by atoms with Gasteiger partial charge in [-0.3, -0.25) is 4.79 Å². The molecule has 3 aromatic rings. The van der Waals surface area contributed by atoms with Gasteiger partial charge in [0.1, 0.15) is 5.78 Å². The number of rotatable bonds is 3. The number of carbonyl (C=O) groups excluding carboxylic acids is 1. The lowest BCUT2D eigenvalue weighted by Crippen LogP contribution is -2.30. The van der Waals surface area contributed by atoms with Crippen LogP contribution in [0.5, 0.6) is 0 Å². The van der Waals surface area contributed by atoms with Gasteiger partial charge < -0.3 is 9.46 Å². The Hall–Kier alpha value is -2.64. The lowest BCUT2D eigenvalue weighted by molar-refractivity contribution is 0.0808. The average Bonchev–Trinajstić information content (AvgIpc) is 2.94. The van der Waals surface area contributed by atoms with E-state index in [1.807, 2.05) is 84.9 Å². The van der Waals surface area contributed by atoms with Crippen molar-refractivity contribution >= 4 is 23.7 Å². The summed E-state index contributed by atoms with van der Waals surface area (Å²) in [7, 11) is -1.35. The van der Waals surface area contributed by atoms with Gasteiger partial charge in [-0.05, 0) is 11.6 Å². The fraction of sp³-hybridized carbons (Fsp3) is 0.0952. The van der Waals surface area contributed by atoms with Crippen LogP contribution in [0.15, 0.2) is 84.9 Å². The molecule has 0 saturated carbocycles. The Bertz CT molecular complexity index is 926. The van der Waals surface area contributed by atoms with Crippen LogP contribution in [-0.2, 0) is 4.57 Å². The molecule has 0 aliphatic carbocycles. The van der Waals surface area contributed by atoms with Crippen molar-refractivity contribution < 1.29 is 9.36 Å². The Morgan fingerprint density at radius 2 is 1.24 bits per heavy atom. The second-order valence-electron chi connectivity index (χ2n) is 6.21. The van der Waals surface area contributed by atoms with E-state index in [9.17, 15) is 9.36 Å². The van der Waals surface area contributed by atoms with E-state index in [2.05, 4.69) is 0 Å². The van der Waals surface area contributed by atoms with E-state index < -0.39 is 12.9 Å². The van der Waals surface area contributed by atoms with Gasteiger partial charge in [0.2, 0.25) is 0 Å². The van der Waals surface area contributed by atoms with Crippen molar-refractivity contribution in [1.82, 2.24) is 4.90 Å². The van der Waals surface area contributed by atoms with Crippen LogP contribution in [-0.4, -0.2) is 17.9 Å². The minimum absolute atomic E-state index is 0.0762. The van der Waals surface area contributed by atoms with Crippen molar-refractivity contribution in [3.8, 4) is 0 Å². The maximum atomic E-state index is 14.5. The molecular formula is C21H18NO2P. The number of fused-ring (bicyclic) bond motifs is 1. The quantitative estimate of drug-likeness (QED) is 0.676. The number of hydrogen-bond donors (Lipinski definition) is 0. The molecule has 25 heavy (non-hydrogen) atoms. The third-order valence-corrected chi connectivity index (χ3v) is 8.22. The first kappa shape index (κ1) is 15.9. The molecule has 4 heteroatoms. The molecular weight excluding hydrogens is 329 g/mol. The van der Waals surface area contributed by atoms with E-state index in [1.165, 1.54) is 0 Å². The molecule has 124 valence electrons. The molecule has 0 saturated heterocycles. The minimum Gasteiger partial charge on any atom is -0.327 e. The van der Waals surface area contributed by atoms with Gasteiger partial charge in [0, 0.05) is 23.2 Å². The van der Waals surface area contributed by atoms with Crippen LogP contribution in [0.3, 0.4) is 0 Å². The summed E-state index contributed by atoms with van der Waals surface area (Å²) in [4.78, 5) is 14.4. The van der Waals surface area contributed by atoms with Crippen LogP contribution >= 0.6 is 7.14 Å². The van der Waals surface area contributed by atoms with Gasteiger partial charge in [-0.2, -0.15) is 0 Å². The van der Waals surface area contributed by atoms with Gasteiger partial charge in [0.15, 0.2) is 7.14 Å². The van der Waals surface area contributed by atoms with Gasteiger partial charge in [0.25, 0.3) is 5.91 Å². The molecule has 1 aliphatic rings. The smallest absolute Gasteiger partial charge is 0.254 e. The van der Waals surface area contributed by atoms with E-state index in [0.717, 1.165) is 16.2 Å². The van der Waals surface area contributed by atoms with Crippen molar-refractivity contribution in [2.24, 2.45) is 0 Å². The maximum absolute atomic E-state index is 14.5. The normalized spacial score (nSPS) is 16.8. The van der Waals surface area contributed by atoms with Gasteiger partial charge in [-0.25, -0.2) is 0 Å². The topological polar surface area (TPSA) is 37.4 Å². The van der Waals surface area contributed by atoms with Gasteiger partial charge in [-0.15, -0.1) is 0 Å². The summed E-state index contributed by atoms with van der Waals surface area (Å²) in [5.74, 6) is -0.561. The van der Waals surface area contributed by atoms with Crippen molar-refractivity contribution in [2.75, 3.05) is 7.05 Å².